The normalized spacial score (nSPS) is 33.2. The minimum Gasteiger partial charge on any atom is -0.328 e. The third kappa shape index (κ3) is 1.80. The molecule has 1 aromatic heterocycles. The molecule has 1 aliphatic carbocycles. The molecule has 4 nitrogen and oxygen atoms in total. The summed E-state index contributed by atoms with van der Waals surface area (Å²) in [4.78, 5) is 1.63. The van der Waals surface area contributed by atoms with E-state index in [1.54, 1.807) is 4.80 Å². The van der Waals surface area contributed by atoms with Crippen molar-refractivity contribution in [1.82, 2.24) is 15.0 Å². The van der Waals surface area contributed by atoms with Crippen molar-refractivity contribution < 1.29 is 0 Å². The average molecular weight is 194 g/mol. The van der Waals surface area contributed by atoms with E-state index in [9.17, 15) is 0 Å². The van der Waals surface area contributed by atoms with Crippen molar-refractivity contribution in [1.29, 1.82) is 0 Å². The maximum absolute atomic E-state index is 5.98. The van der Waals surface area contributed by atoms with Gasteiger partial charge in [0, 0.05) is 19.0 Å². The van der Waals surface area contributed by atoms with Crippen LogP contribution in [0.4, 0.5) is 0 Å². The SMILES string of the molecule is CC1CCC(N)CC1c1cnn(C)n1. The Morgan fingerprint density at radius 2 is 2.29 bits per heavy atom. The van der Waals surface area contributed by atoms with Gasteiger partial charge in [0.15, 0.2) is 0 Å². The third-order valence-corrected chi connectivity index (χ3v) is 3.23. The van der Waals surface area contributed by atoms with E-state index in [4.69, 9.17) is 5.73 Å². The van der Waals surface area contributed by atoms with Gasteiger partial charge in [0.25, 0.3) is 0 Å². The van der Waals surface area contributed by atoms with Gasteiger partial charge in [-0.15, -0.1) is 0 Å². The molecule has 0 aromatic carbocycles. The van der Waals surface area contributed by atoms with E-state index in [1.165, 1.54) is 6.42 Å². The Morgan fingerprint density at radius 1 is 1.50 bits per heavy atom. The summed E-state index contributed by atoms with van der Waals surface area (Å²) < 4.78 is 0. The average Bonchev–Trinajstić information content (AvgIpc) is 2.56. The molecular formula is C10H18N4. The summed E-state index contributed by atoms with van der Waals surface area (Å²) in [6.45, 7) is 2.28. The zero-order valence-electron chi connectivity index (χ0n) is 8.85. The summed E-state index contributed by atoms with van der Waals surface area (Å²) in [6, 6.07) is 0.346. The summed E-state index contributed by atoms with van der Waals surface area (Å²) >= 11 is 0. The molecule has 1 saturated carbocycles. The molecule has 2 rings (SSSR count). The molecule has 0 radical (unpaired) electrons. The number of aromatic nitrogens is 3. The van der Waals surface area contributed by atoms with Gasteiger partial charge in [-0.25, -0.2) is 0 Å². The van der Waals surface area contributed by atoms with Gasteiger partial charge in [-0.2, -0.15) is 15.0 Å². The quantitative estimate of drug-likeness (QED) is 0.727. The van der Waals surface area contributed by atoms with Crippen molar-refractivity contribution in [2.45, 2.75) is 38.1 Å². The maximum Gasteiger partial charge on any atom is 0.0861 e. The van der Waals surface area contributed by atoms with E-state index in [2.05, 4.69) is 17.1 Å². The van der Waals surface area contributed by atoms with E-state index < -0.39 is 0 Å². The van der Waals surface area contributed by atoms with Crippen LogP contribution in [0.5, 0.6) is 0 Å². The lowest BCUT2D eigenvalue weighted by molar-refractivity contribution is 0.294. The molecule has 0 spiro atoms. The van der Waals surface area contributed by atoms with Crippen molar-refractivity contribution in [2.24, 2.45) is 18.7 Å². The van der Waals surface area contributed by atoms with Crippen LogP contribution in [-0.2, 0) is 7.05 Å². The molecule has 3 atom stereocenters. The Kier molecular flexibility index (Phi) is 2.54. The van der Waals surface area contributed by atoms with E-state index >= 15 is 0 Å². The second-order valence-corrected chi connectivity index (χ2v) is 4.42. The number of nitrogens with zero attached hydrogens (tertiary/aromatic N) is 3. The lowest BCUT2D eigenvalue weighted by Crippen LogP contribution is -2.31. The fourth-order valence-electron chi connectivity index (χ4n) is 2.30. The second-order valence-electron chi connectivity index (χ2n) is 4.42. The van der Waals surface area contributed by atoms with Crippen LogP contribution in [0.1, 0.15) is 37.8 Å². The largest absolute Gasteiger partial charge is 0.328 e. The zero-order chi connectivity index (χ0) is 10.1. The minimum absolute atomic E-state index is 0.346. The molecule has 0 amide bonds. The smallest absolute Gasteiger partial charge is 0.0861 e. The van der Waals surface area contributed by atoms with Crippen LogP contribution in [0.15, 0.2) is 6.20 Å². The Morgan fingerprint density at radius 3 is 2.93 bits per heavy atom. The number of nitrogens with two attached hydrogens (primary N) is 1. The molecule has 1 fully saturated rings. The molecule has 3 unspecified atom stereocenters. The lowest BCUT2D eigenvalue weighted by atomic mass is 9.77. The molecule has 0 bridgehead atoms. The standard InChI is InChI=1S/C10H18N4/c1-7-3-4-8(11)5-9(7)10-6-12-14(2)13-10/h6-9H,3-5,11H2,1-2H3. The van der Waals surface area contributed by atoms with E-state index in [0.717, 1.165) is 18.5 Å². The van der Waals surface area contributed by atoms with Gasteiger partial charge in [-0.05, 0) is 25.2 Å². The van der Waals surface area contributed by atoms with Crippen LogP contribution in [0.2, 0.25) is 0 Å². The van der Waals surface area contributed by atoms with Crippen molar-refractivity contribution in [3.63, 3.8) is 0 Å². The molecule has 14 heavy (non-hydrogen) atoms. The second kappa shape index (κ2) is 3.69. The molecular weight excluding hydrogens is 176 g/mol. The number of aryl methyl sites for hydroxylation is 1. The van der Waals surface area contributed by atoms with Crippen LogP contribution >= 0.6 is 0 Å². The highest BCUT2D eigenvalue weighted by molar-refractivity contribution is 5.06. The van der Waals surface area contributed by atoms with Crippen LogP contribution in [0.3, 0.4) is 0 Å². The molecule has 0 saturated heterocycles. The predicted molar refractivity (Wildman–Crippen MR) is 54.7 cm³/mol. The van der Waals surface area contributed by atoms with Gasteiger partial charge in [0.2, 0.25) is 0 Å². The molecule has 2 N–H and O–H groups in total. The summed E-state index contributed by atoms with van der Waals surface area (Å²) in [5.74, 6) is 1.19. The minimum atomic E-state index is 0.346. The first kappa shape index (κ1) is 9.65. The highest BCUT2D eigenvalue weighted by Crippen LogP contribution is 2.35. The molecule has 1 aromatic rings. The van der Waals surface area contributed by atoms with E-state index in [-0.39, 0.29) is 0 Å². The van der Waals surface area contributed by atoms with Gasteiger partial charge in [0.1, 0.15) is 0 Å². The highest BCUT2D eigenvalue weighted by atomic mass is 15.4. The van der Waals surface area contributed by atoms with Crippen molar-refractivity contribution in [3.05, 3.63) is 11.9 Å². The molecule has 4 heteroatoms. The van der Waals surface area contributed by atoms with Gasteiger partial charge in [-0.3, -0.25) is 0 Å². The monoisotopic (exact) mass is 194 g/mol. The van der Waals surface area contributed by atoms with Gasteiger partial charge in [-0.1, -0.05) is 6.92 Å². The number of rotatable bonds is 1. The summed E-state index contributed by atoms with van der Waals surface area (Å²) in [7, 11) is 1.86. The van der Waals surface area contributed by atoms with Crippen LogP contribution < -0.4 is 5.73 Å². The van der Waals surface area contributed by atoms with Gasteiger partial charge in [0.05, 0.1) is 11.9 Å². The van der Waals surface area contributed by atoms with Crippen LogP contribution in [0, 0.1) is 5.92 Å². The molecule has 0 aliphatic heterocycles. The summed E-state index contributed by atoms with van der Waals surface area (Å²) in [6.07, 6.45) is 5.29. The maximum atomic E-state index is 5.98. The fraction of sp³-hybridized carbons (Fsp3) is 0.800. The first-order valence-electron chi connectivity index (χ1n) is 5.28. The lowest BCUT2D eigenvalue weighted by Gasteiger charge is -2.31. The Balaban J connectivity index is 2.15. The highest BCUT2D eigenvalue weighted by Gasteiger charge is 2.28. The van der Waals surface area contributed by atoms with E-state index in [0.29, 0.717) is 17.9 Å². The van der Waals surface area contributed by atoms with Crippen LogP contribution in [-0.4, -0.2) is 21.0 Å². The first-order valence-corrected chi connectivity index (χ1v) is 5.28. The molecule has 78 valence electrons. The Labute approximate surface area is 84.5 Å². The van der Waals surface area contributed by atoms with Gasteiger partial charge >= 0.3 is 0 Å². The molecule has 1 heterocycles. The van der Waals surface area contributed by atoms with Gasteiger partial charge < -0.3 is 5.73 Å². The number of hydrogen-bond acceptors (Lipinski definition) is 3. The van der Waals surface area contributed by atoms with Crippen molar-refractivity contribution in [3.8, 4) is 0 Å². The fourth-order valence-corrected chi connectivity index (χ4v) is 2.30. The Bertz CT molecular complexity index is 307. The first-order chi connectivity index (χ1) is 6.66. The van der Waals surface area contributed by atoms with Crippen LogP contribution in [0.25, 0.3) is 0 Å². The Hall–Kier alpha value is -0.900. The molecule has 1 aliphatic rings. The predicted octanol–water partition coefficient (Wildman–Crippen LogP) is 1.05. The topological polar surface area (TPSA) is 56.7 Å². The van der Waals surface area contributed by atoms with Crippen molar-refractivity contribution >= 4 is 0 Å². The number of hydrogen-bond donors (Lipinski definition) is 1. The van der Waals surface area contributed by atoms with E-state index in [1.807, 2.05) is 13.2 Å². The summed E-state index contributed by atoms with van der Waals surface area (Å²) in [5.41, 5.74) is 7.08. The third-order valence-electron chi connectivity index (χ3n) is 3.23. The zero-order valence-corrected chi connectivity index (χ0v) is 8.85. The van der Waals surface area contributed by atoms with Crippen molar-refractivity contribution in [2.75, 3.05) is 0 Å². The summed E-state index contributed by atoms with van der Waals surface area (Å²) in [5, 5.41) is 8.49.